The summed E-state index contributed by atoms with van der Waals surface area (Å²) in [5, 5.41) is 5.15. The van der Waals surface area contributed by atoms with Crippen LogP contribution in [-0.4, -0.2) is 25.3 Å². The lowest BCUT2D eigenvalue weighted by molar-refractivity contribution is -0.137. The van der Waals surface area contributed by atoms with Crippen molar-refractivity contribution in [3.8, 4) is 11.5 Å². The molecule has 2 N–H and O–H groups in total. The first kappa shape index (κ1) is 26.0. The van der Waals surface area contributed by atoms with E-state index in [0.717, 1.165) is 18.6 Å². The van der Waals surface area contributed by atoms with E-state index in [2.05, 4.69) is 10.6 Å². The largest absolute Gasteiger partial charge is 0.416 e. The molecule has 179 valence electrons. The number of carbonyl (C=O) groups is 2. The van der Waals surface area contributed by atoms with Crippen molar-refractivity contribution in [3.63, 3.8) is 0 Å². The van der Waals surface area contributed by atoms with Gasteiger partial charge in [-0.25, -0.2) is 9.59 Å². The summed E-state index contributed by atoms with van der Waals surface area (Å²) < 4.78 is 50.4. The van der Waals surface area contributed by atoms with Gasteiger partial charge in [0.05, 0.1) is 5.56 Å². The number of benzene rings is 2. The van der Waals surface area contributed by atoms with Gasteiger partial charge in [-0.05, 0) is 37.0 Å². The molecular formula is C24H28F3N2O4. The Bertz CT molecular complexity index is 948. The summed E-state index contributed by atoms with van der Waals surface area (Å²) in [7, 11) is 0. The first-order valence-corrected chi connectivity index (χ1v) is 10.8. The van der Waals surface area contributed by atoms with Crippen LogP contribution in [0.4, 0.5) is 22.8 Å². The van der Waals surface area contributed by atoms with Crippen molar-refractivity contribution in [3.05, 3.63) is 65.1 Å². The Morgan fingerprint density at radius 2 is 1.52 bits per heavy atom. The lowest BCUT2D eigenvalue weighted by atomic mass is 9.87. The standard InChI is InChI=1S/C24H28F3N2O4/c1-4-12-28-22(30)32-18-10-11-20(21(15-18)33-23(31)29-13-5-2)19(6-3)16-8-7-9-17(14-16)24(25,26)27/h7-11,14-15H,4-6,12-13H2,1-3H3,(H,28,30)(H,29,31). The van der Waals surface area contributed by atoms with Crippen molar-refractivity contribution in [2.45, 2.75) is 46.2 Å². The zero-order valence-electron chi connectivity index (χ0n) is 18.8. The number of hydrogen-bond donors (Lipinski definition) is 2. The molecule has 0 saturated heterocycles. The number of halogens is 3. The molecule has 2 rings (SSSR count). The van der Waals surface area contributed by atoms with E-state index in [4.69, 9.17) is 9.47 Å². The van der Waals surface area contributed by atoms with Gasteiger partial charge in [-0.15, -0.1) is 0 Å². The zero-order chi connectivity index (χ0) is 24.4. The predicted molar refractivity (Wildman–Crippen MR) is 118 cm³/mol. The summed E-state index contributed by atoms with van der Waals surface area (Å²) in [4.78, 5) is 24.1. The third-order valence-electron chi connectivity index (χ3n) is 4.62. The van der Waals surface area contributed by atoms with Gasteiger partial charge in [0.25, 0.3) is 0 Å². The van der Waals surface area contributed by atoms with E-state index in [1.807, 2.05) is 13.8 Å². The highest BCUT2D eigenvalue weighted by atomic mass is 19.4. The molecule has 1 radical (unpaired) electrons. The molecule has 0 atom stereocenters. The van der Waals surface area contributed by atoms with Crippen LogP contribution in [0.25, 0.3) is 0 Å². The van der Waals surface area contributed by atoms with E-state index in [9.17, 15) is 22.8 Å². The van der Waals surface area contributed by atoms with Crippen molar-refractivity contribution < 1.29 is 32.2 Å². The number of hydrogen-bond acceptors (Lipinski definition) is 4. The molecule has 6 nitrogen and oxygen atoms in total. The van der Waals surface area contributed by atoms with Crippen LogP contribution < -0.4 is 20.1 Å². The SMILES string of the molecule is CCCNC(=O)Oc1ccc([C](CC)c2cccc(C(F)(F)F)c2)c(OC(=O)NCCC)c1. The zero-order valence-corrected chi connectivity index (χ0v) is 18.8. The number of rotatable bonds is 9. The molecule has 0 aliphatic carbocycles. The Morgan fingerprint density at radius 1 is 0.879 bits per heavy atom. The minimum absolute atomic E-state index is 0.0682. The average molecular weight is 465 g/mol. The van der Waals surface area contributed by atoms with E-state index in [0.29, 0.717) is 43.0 Å². The molecule has 0 aliphatic heterocycles. The molecule has 2 amide bonds. The monoisotopic (exact) mass is 465 g/mol. The summed E-state index contributed by atoms with van der Waals surface area (Å²) in [6.45, 7) is 6.39. The summed E-state index contributed by atoms with van der Waals surface area (Å²) in [5.74, 6) is 0.741. The highest BCUT2D eigenvalue weighted by Gasteiger charge is 2.31. The Hall–Kier alpha value is -3.23. The Balaban J connectivity index is 2.43. The molecule has 9 heteroatoms. The second kappa shape index (κ2) is 12.1. The predicted octanol–water partition coefficient (Wildman–Crippen LogP) is 6.08. The lowest BCUT2D eigenvalue weighted by Crippen LogP contribution is -2.28. The molecule has 0 bridgehead atoms. The van der Waals surface area contributed by atoms with Crippen LogP contribution in [0.5, 0.6) is 11.5 Å². The van der Waals surface area contributed by atoms with E-state index in [-0.39, 0.29) is 11.5 Å². The highest BCUT2D eigenvalue weighted by Crippen LogP contribution is 2.38. The average Bonchev–Trinajstić information content (AvgIpc) is 2.77. The molecule has 0 aromatic heterocycles. The topological polar surface area (TPSA) is 76.7 Å². The molecule has 0 fully saturated rings. The Labute approximate surface area is 191 Å². The molecule has 2 aromatic rings. The second-order valence-electron chi connectivity index (χ2n) is 7.20. The Morgan fingerprint density at radius 3 is 2.09 bits per heavy atom. The highest BCUT2D eigenvalue weighted by molar-refractivity contribution is 5.73. The number of ether oxygens (including phenoxy) is 2. The van der Waals surface area contributed by atoms with Crippen LogP contribution in [0.15, 0.2) is 42.5 Å². The van der Waals surface area contributed by atoms with Crippen LogP contribution in [0.1, 0.15) is 56.7 Å². The Kier molecular flexibility index (Phi) is 9.57. The van der Waals surface area contributed by atoms with Gasteiger partial charge in [0, 0.05) is 30.6 Å². The maximum Gasteiger partial charge on any atom is 0.416 e. The quantitative estimate of drug-likeness (QED) is 0.470. The maximum atomic E-state index is 13.2. The van der Waals surface area contributed by atoms with E-state index in [1.165, 1.54) is 18.2 Å². The molecule has 0 heterocycles. The molecule has 0 unspecified atom stereocenters. The van der Waals surface area contributed by atoms with Gasteiger partial charge in [-0.2, -0.15) is 13.2 Å². The second-order valence-corrected chi connectivity index (χ2v) is 7.20. The fraction of sp³-hybridized carbons (Fsp3) is 0.375. The van der Waals surface area contributed by atoms with Crippen LogP contribution in [0.3, 0.4) is 0 Å². The van der Waals surface area contributed by atoms with Crippen LogP contribution in [0.2, 0.25) is 0 Å². The molecule has 0 saturated carbocycles. The number of alkyl halides is 3. The minimum Gasteiger partial charge on any atom is -0.410 e. The van der Waals surface area contributed by atoms with E-state index < -0.39 is 23.9 Å². The van der Waals surface area contributed by atoms with Gasteiger partial charge >= 0.3 is 18.4 Å². The minimum atomic E-state index is -4.49. The number of amides is 2. The normalized spacial score (nSPS) is 11.2. The summed E-state index contributed by atoms with van der Waals surface area (Å²) in [6, 6.07) is 9.39. The summed E-state index contributed by atoms with van der Waals surface area (Å²) in [6.07, 6.45) is -4.08. The first-order valence-electron chi connectivity index (χ1n) is 10.8. The van der Waals surface area contributed by atoms with Crippen molar-refractivity contribution in [2.24, 2.45) is 0 Å². The smallest absolute Gasteiger partial charge is 0.410 e. The van der Waals surface area contributed by atoms with Gasteiger partial charge in [-0.3, -0.25) is 0 Å². The van der Waals surface area contributed by atoms with Crippen molar-refractivity contribution >= 4 is 12.2 Å². The van der Waals surface area contributed by atoms with Gasteiger partial charge in [-0.1, -0.05) is 45.0 Å². The fourth-order valence-electron chi connectivity index (χ4n) is 3.07. The third kappa shape index (κ3) is 7.69. The number of nitrogens with one attached hydrogen (secondary N) is 2. The van der Waals surface area contributed by atoms with Crippen LogP contribution in [-0.2, 0) is 6.18 Å². The van der Waals surface area contributed by atoms with Gasteiger partial charge < -0.3 is 20.1 Å². The molecule has 33 heavy (non-hydrogen) atoms. The summed E-state index contributed by atoms with van der Waals surface area (Å²) in [5.41, 5.74) is -0.00746. The van der Waals surface area contributed by atoms with E-state index in [1.54, 1.807) is 19.1 Å². The van der Waals surface area contributed by atoms with Gasteiger partial charge in [0.1, 0.15) is 11.5 Å². The van der Waals surface area contributed by atoms with Crippen molar-refractivity contribution in [2.75, 3.05) is 13.1 Å². The van der Waals surface area contributed by atoms with Crippen molar-refractivity contribution in [1.29, 1.82) is 0 Å². The van der Waals surface area contributed by atoms with Crippen LogP contribution >= 0.6 is 0 Å². The fourth-order valence-corrected chi connectivity index (χ4v) is 3.07. The van der Waals surface area contributed by atoms with Crippen molar-refractivity contribution in [1.82, 2.24) is 10.6 Å². The molecule has 2 aromatic carbocycles. The summed E-state index contributed by atoms with van der Waals surface area (Å²) >= 11 is 0. The molecular weight excluding hydrogens is 437 g/mol. The molecule has 0 spiro atoms. The molecule has 0 aliphatic rings. The lowest BCUT2D eigenvalue weighted by Gasteiger charge is -2.20. The first-order chi connectivity index (χ1) is 15.7. The maximum absolute atomic E-state index is 13.2. The van der Waals surface area contributed by atoms with Gasteiger partial charge in [0.2, 0.25) is 0 Å². The van der Waals surface area contributed by atoms with Crippen LogP contribution in [0, 0.1) is 5.92 Å². The van der Waals surface area contributed by atoms with E-state index >= 15 is 0 Å². The number of carbonyl (C=O) groups excluding carboxylic acids is 2. The third-order valence-corrected chi connectivity index (χ3v) is 4.62. The van der Waals surface area contributed by atoms with Gasteiger partial charge in [0.15, 0.2) is 0 Å².